The first-order valence-electron chi connectivity index (χ1n) is 9.72. The van der Waals surface area contributed by atoms with Gasteiger partial charge in [0.25, 0.3) is 5.82 Å². The van der Waals surface area contributed by atoms with E-state index in [1.807, 2.05) is 17.8 Å². The smallest absolute Gasteiger partial charge is 0.277 e. The van der Waals surface area contributed by atoms with Gasteiger partial charge in [-0.25, -0.2) is 8.96 Å². The third-order valence-corrected chi connectivity index (χ3v) is 9.92. The first kappa shape index (κ1) is 17.3. The molecule has 0 amide bonds. The number of nitrogens with two attached hydrogens (primary N) is 1. The highest BCUT2D eigenvalue weighted by Crippen LogP contribution is 2.55. The number of anilines is 2. The number of nitrogens with zero attached hydrogens (tertiary/aromatic N) is 2. The second-order valence-electron chi connectivity index (χ2n) is 9.57. The Labute approximate surface area is 151 Å². The number of halogens is 1. The summed E-state index contributed by atoms with van der Waals surface area (Å²) in [5.74, 6) is 0.790. The molecule has 2 heterocycles. The van der Waals surface area contributed by atoms with Crippen LogP contribution in [0.1, 0.15) is 25.7 Å². The van der Waals surface area contributed by atoms with E-state index in [0.29, 0.717) is 17.5 Å². The average molecular weight is 364 g/mol. The van der Waals surface area contributed by atoms with Crippen LogP contribution < -0.4 is 20.5 Å². The van der Waals surface area contributed by atoms with Crippen molar-refractivity contribution in [3.63, 3.8) is 0 Å². The van der Waals surface area contributed by atoms with Crippen molar-refractivity contribution in [3.05, 3.63) is 18.1 Å². The summed E-state index contributed by atoms with van der Waals surface area (Å²) in [6.07, 6.45) is 6.65. The molecular weight excluding hydrogens is 331 g/mol. The maximum absolute atomic E-state index is 14.8. The lowest BCUT2D eigenvalue weighted by Gasteiger charge is -2.55. The molecule has 6 heteroatoms. The van der Waals surface area contributed by atoms with Gasteiger partial charge in [0.2, 0.25) is 0 Å². The zero-order chi connectivity index (χ0) is 17.8. The third kappa shape index (κ3) is 3.30. The van der Waals surface area contributed by atoms with Crippen molar-refractivity contribution < 1.29 is 8.96 Å². The average Bonchev–Trinajstić information content (AvgIpc) is 2.47. The Balaban J connectivity index is 1.41. The lowest BCUT2D eigenvalue weighted by Crippen LogP contribution is -2.57. The molecule has 2 aliphatic carbocycles. The van der Waals surface area contributed by atoms with E-state index in [2.05, 4.69) is 23.3 Å². The van der Waals surface area contributed by atoms with Crippen LogP contribution in [0, 0.1) is 11.2 Å². The molecule has 25 heavy (non-hydrogen) atoms. The van der Waals surface area contributed by atoms with Crippen molar-refractivity contribution in [3.8, 4) is 0 Å². The van der Waals surface area contributed by atoms with Crippen LogP contribution in [-0.4, -0.2) is 33.2 Å². The fourth-order valence-electron chi connectivity index (χ4n) is 5.02. The van der Waals surface area contributed by atoms with E-state index < -0.39 is 8.07 Å². The molecule has 0 radical (unpaired) electrons. The van der Waals surface area contributed by atoms with Gasteiger partial charge < -0.3 is 10.6 Å². The molecule has 4 nitrogen and oxygen atoms in total. The summed E-state index contributed by atoms with van der Waals surface area (Å²) < 4.78 is 16.8. The zero-order valence-corrected chi connectivity index (χ0v) is 16.8. The summed E-state index contributed by atoms with van der Waals surface area (Å²) in [7, 11) is 0.980. The van der Waals surface area contributed by atoms with Crippen molar-refractivity contribution in [2.24, 2.45) is 18.2 Å². The molecule has 1 saturated heterocycles. The molecule has 3 fully saturated rings. The molecule has 1 aromatic heterocycles. The van der Waals surface area contributed by atoms with Gasteiger partial charge in [-0.1, -0.05) is 13.1 Å². The minimum atomic E-state index is -1.04. The second-order valence-corrected chi connectivity index (χ2v) is 14.9. The van der Waals surface area contributed by atoms with E-state index in [4.69, 9.17) is 5.73 Å². The number of nitrogens with one attached hydrogen (secondary N) is 1. The Morgan fingerprint density at radius 3 is 2.48 bits per heavy atom. The predicted molar refractivity (Wildman–Crippen MR) is 103 cm³/mol. The highest BCUT2D eigenvalue weighted by atomic mass is 28.3. The lowest BCUT2D eigenvalue weighted by atomic mass is 9.52. The van der Waals surface area contributed by atoms with Gasteiger partial charge in [-0.15, -0.1) is 0 Å². The maximum Gasteiger partial charge on any atom is 0.277 e. The largest absolute Gasteiger partial charge is 0.367 e. The number of aryl methyl sites for hydroxylation is 1. The lowest BCUT2D eigenvalue weighted by molar-refractivity contribution is -0.657. The molecule has 3 aliphatic rings. The van der Waals surface area contributed by atoms with E-state index in [1.165, 1.54) is 37.8 Å². The first-order valence-corrected chi connectivity index (χ1v) is 13.1. The van der Waals surface area contributed by atoms with Crippen LogP contribution in [0.3, 0.4) is 0 Å². The van der Waals surface area contributed by atoms with Crippen LogP contribution in [0.2, 0.25) is 25.2 Å². The fraction of sp³-hybridized carbons (Fsp3) is 0.737. The molecule has 4 rings (SSSR count). The highest BCUT2D eigenvalue weighted by Gasteiger charge is 2.53. The summed E-state index contributed by atoms with van der Waals surface area (Å²) in [6.45, 7) is 6.87. The van der Waals surface area contributed by atoms with Crippen LogP contribution in [0.25, 0.3) is 0 Å². The quantitative estimate of drug-likeness (QED) is 0.641. The molecule has 1 aliphatic heterocycles. The fourth-order valence-corrected chi connectivity index (χ4v) is 7.02. The van der Waals surface area contributed by atoms with Gasteiger partial charge in [-0.3, -0.25) is 5.32 Å². The molecule has 2 saturated carbocycles. The van der Waals surface area contributed by atoms with Crippen LogP contribution >= 0.6 is 0 Å². The summed E-state index contributed by atoms with van der Waals surface area (Å²) in [6, 6.07) is 5.06. The SMILES string of the molecule is C[n+]1cc(N2CC[Si](C)(C)CC2)c(F)cc1NC1CC2(CC(N)C2)C1. The predicted octanol–water partition coefficient (Wildman–Crippen LogP) is 2.86. The van der Waals surface area contributed by atoms with Crippen molar-refractivity contribution in [2.75, 3.05) is 23.3 Å². The van der Waals surface area contributed by atoms with Crippen molar-refractivity contribution in [1.29, 1.82) is 0 Å². The Hall–Kier alpha value is -1.14. The van der Waals surface area contributed by atoms with E-state index in [-0.39, 0.29) is 5.82 Å². The number of aromatic nitrogens is 1. The van der Waals surface area contributed by atoms with Crippen LogP contribution in [-0.2, 0) is 7.05 Å². The number of hydrogen-bond acceptors (Lipinski definition) is 3. The van der Waals surface area contributed by atoms with Crippen molar-refractivity contribution in [2.45, 2.75) is 62.9 Å². The van der Waals surface area contributed by atoms with E-state index in [9.17, 15) is 4.39 Å². The Morgan fingerprint density at radius 2 is 1.88 bits per heavy atom. The molecule has 0 bridgehead atoms. The molecule has 3 N–H and O–H groups in total. The molecule has 0 atom stereocenters. The summed E-state index contributed by atoms with van der Waals surface area (Å²) in [5, 5.41) is 3.54. The van der Waals surface area contributed by atoms with Crippen molar-refractivity contribution in [1.82, 2.24) is 0 Å². The van der Waals surface area contributed by atoms with E-state index >= 15 is 0 Å². The topological polar surface area (TPSA) is 45.2 Å². The van der Waals surface area contributed by atoms with Gasteiger partial charge >= 0.3 is 0 Å². The number of hydrogen-bond donors (Lipinski definition) is 2. The Kier molecular flexibility index (Phi) is 4.11. The van der Waals surface area contributed by atoms with Gasteiger partial charge in [0, 0.05) is 19.1 Å². The molecule has 0 aromatic carbocycles. The molecule has 138 valence electrons. The molecule has 0 unspecified atom stereocenters. The first-order chi connectivity index (χ1) is 11.8. The monoisotopic (exact) mass is 363 g/mol. The standard InChI is InChI=1S/C19H31FN4Si/c1-23-13-17(24-4-6-25(2,3)7-5-24)16(20)8-18(23)22-15-11-19(12-15)9-14(21)10-19/h8,13-15H,4-7,9-12,21H2,1-3H3/p+1. The van der Waals surface area contributed by atoms with Crippen LogP contribution in [0.15, 0.2) is 12.3 Å². The van der Waals surface area contributed by atoms with Gasteiger partial charge in [0.15, 0.2) is 5.82 Å². The van der Waals surface area contributed by atoms with Gasteiger partial charge in [-0.05, 0) is 43.2 Å². The minimum Gasteiger partial charge on any atom is -0.367 e. The normalized spacial score (nSPS) is 33.7. The Morgan fingerprint density at radius 1 is 1.24 bits per heavy atom. The third-order valence-electron chi connectivity index (χ3n) is 6.76. The Bertz CT molecular complexity index is 654. The number of rotatable bonds is 3. The van der Waals surface area contributed by atoms with E-state index in [1.54, 1.807) is 6.07 Å². The van der Waals surface area contributed by atoms with Crippen LogP contribution in [0.5, 0.6) is 0 Å². The van der Waals surface area contributed by atoms with Gasteiger partial charge in [0.1, 0.15) is 11.9 Å². The van der Waals surface area contributed by atoms with Gasteiger partial charge in [0.05, 0.1) is 27.2 Å². The molecule has 1 spiro atoms. The van der Waals surface area contributed by atoms with Crippen LogP contribution in [0.4, 0.5) is 15.9 Å². The summed E-state index contributed by atoms with van der Waals surface area (Å²) >= 11 is 0. The maximum atomic E-state index is 14.8. The zero-order valence-electron chi connectivity index (χ0n) is 15.8. The minimum absolute atomic E-state index is 0.0957. The highest BCUT2D eigenvalue weighted by molar-refractivity contribution is 6.77. The molecule has 1 aromatic rings. The van der Waals surface area contributed by atoms with E-state index in [0.717, 1.165) is 24.6 Å². The second kappa shape index (κ2) is 5.95. The van der Waals surface area contributed by atoms with Gasteiger partial charge in [-0.2, -0.15) is 0 Å². The molecular formula is C19H32FN4Si+. The van der Waals surface area contributed by atoms with Crippen molar-refractivity contribution >= 4 is 19.6 Å². The summed E-state index contributed by atoms with van der Waals surface area (Å²) in [5.41, 5.74) is 7.19. The number of pyridine rings is 1. The summed E-state index contributed by atoms with van der Waals surface area (Å²) in [4.78, 5) is 2.23.